The predicted molar refractivity (Wildman–Crippen MR) is 462 cm³/mol. The van der Waals surface area contributed by atoms with Crippen LogP contribution in [0.5, 0.6) is 0 Å². The van der Waals surface area contributed by atoms with E-state index in [2.05, 4.69) is 410 Å². The number of nitrogens with zero attached hydrogens (tertiary/aromatic N) is 8. The van der Waals surface area contributed by atoms with Gasteiger partial charge in [-0.15, -0.1) is 0 Å². The molecule has 0 atom stereocenters. The lowest BCUT2D eigenvalue weighted by atomic mass is 9.86. The van der Waals surface area contributed by atoms with Gasteiger partial charge < -0.3 is 18.9 Å². The predicted octanol–water partition coefficient (Wildman–Crippen LogP) is 27.3. The molecule has 8 nitrogen and oxygen atoms in total. The van der Waals surface area contributed by atoms with E-state index in [9.17, 15) is 0 Å². The molecule has 17 aromatic carbocycles. The summed E-state index contributed by atoms with van der Waals surface area (Å²) < 4.78 is 4.76. The van der Waals surface area contributed by atoms with Crippen molar-refractivity contribution in [1.29, 1.82) is 0 Å². The Balaban J connectivity index is 0.000000144. The lowest BCUT2D eigenvalue weighted by Crippen LogP contribution is -2.10. The summed E-state index contributed by atoms with van der Waals surface area (Å²) in [5, 5.41) is 14.1. The molecular weight excluding hydrogens is 1340 g/mol. The third-order valence-corrected chi connectivity index (χ3v) is 21.7. The van der Waals surface area contributed by atoms with Crippen molar-refractivity contribution in [3.63, 3.8) is 0 Å². The van der Waals surface area contributed by atoms with Gasteiger partial charge in [0.15, 0.2) is 0 Å². The van der Waals surface area contributed by atoms with E-state index in [0.717, 1.165) is 112 Å². The van der Waals surface area contributed by atoms with Crippen LogP contribution in [0.15, 0.2) is 382 Å². The Hall–Kier alpha value is -14.3. The number of anilines is 6. The summed E-state index contributed by atoms with van der Waals surface area (Å²) in [6.45, 7) is 6.85. The van der Waals surface area contributed by atoms with Gasteiger partial charge in [-0.25, -0.2) is 9.97 Å². The van der Waals surface area contributed by atoms with Crippen molar-refractivity contribution in [3.05, 3.63) is 388 Å². The van der Waals surface area contributed by atoms with Crippen LogP contribution in [0.2, 0.25) is 0 Å². The van der Waals surface area contributed by atoms with E-state index >= 15 is 0 Å². The van der Waals surface area contributed by atoms with Crippen LogP contribution < -0.4 is 9.80 Å². The fourth-order valence-corrected chi connectivity index (χ4v) is 16.4. The average molecular weight is 1410 g/mol. The highest BCUT2D eigenvalue weighted by atomic mass is 15.1. The van der Waals surface area contributed by atoms with E-state index in [-0.39, 0.29) is 5.41 Å². The molecule has 21 rings (SSSR count). The number of aromatic nitrogens is 6. The van der Waals surface area contributed by atoms with Crippen LogP contribution >= 0.6 is 0 Å². The van der Waals surface area contributed by atoms with Crippen LogP contribution in [0.4, 0.5) is 34.1 Å². The maximum atomic E-state index is 5.26. The normalized spacial score (nSPS) is 11.8. The summed E-state index contributed by atoms with van der Waals surface area (Å²) in [4.78, 5) is 25.2. The molecule has 4 aromatic heterocycles. The third kappa shape index (κ3) is 11.4. The monoisotopic (exact) mass is 1410 g/mol. The van der Waals surface area contributed by atoms with Gasteiger partial charge in [-0.2, -0.15) is 0 Å². The Morgan fingerprint density at radius 1 is 0.227 bits per heavy atom. The second kappa shape index (κ2) is 26.9. The molecule has 110 heavy (non-hydrogen) atoms. The zero-order valence-corrected chi connectivity index (χ0v) is 61.0. The lowest BCUT2D eigenvalue weighted by Gasteiger charge is -2.26. The van der Waals surface area contributed by atoms with E-state index < -0.39 is 0 Å². The van der Waals surface area contributed by atoms with Crippen molar-refractivity contribution in [2.24, 2.45) is 0 Å². The highest BCUT2D eigenvalue weighted by molar-refractivity contribution is 6.24. The molecule has 0 fully saturated rings. The molecule has 0 spiro atoms. The second-order valence-corrected chi connectivity index (χ2v) is 29.3. The summed E-state index contributed by atoms with van der Waals surface area (Å²) in [5.74, 6) is 0. The Morgan fingerprint density at radius 2 is 0.527 bits per heavy atom. The first kappa shape index (κ1) is 65.2. The highest BCUT2D eigenvalue weighted by Crippen LogP contribution is 2.45. The first-order valence-corrected chi connectivity index (χ1v) is 37.6. The number of hydrogen-bond donors (Lipinski definition) is 0. The van der Waals surface area contributed by atoms with E-state index in [1.165, 1.54) is 81.8 Å². The molecular formula is C102H72N8. The molecule has 21 aromatic rings. The number of fused-ring (bicyclic) bond motifs is 18. The third-order valence-electron chi connectivity index (χ3n) is 21.7. The number of hydrogen-bond acceptors (Lipinski definition) is 6. The molecule has 0 radical (unpaired) electrons. The molecule has 0 bridgehead atoms. The maximum Gasteiger partial charge on any atom is 0.0979 e. The number of para-hydroxylation sites is 4. The van der Waals surface area contributed by atoms with Gasteiger partial charge in [0.25, 0.3) is 0 Å². The van der Waals surface area contributed by atoms with Crippen LogP contribution in [0, 0.1) is 0 Å². The minimum atomic E-state index is 0.0289. The van der Waals surface area contributed by atoms with Crippen molar-refractivity contribution < 1.29 is 0 Å². The van der Waals surface area contributed by atoms with Crippen molar-refractivity contribution in [2.45, 2.75) is 26.2 Å². The quantitative estimate of drug-likeness (QED) is 0.120. The van der Waals surface area contributed by atoms with E-state index in [1.807, 2.05) is 12.4 Å². The van der Waals surface area contributed by atoms with Gasteiger partial charge in [-0.1, -0.05) is 257 Å². The smallest absolute Gasteiger partial charge is 0.0979 e. The first-order chi connectivity index (χ1) is 54.2. The zero-order chi connectivity index (χ0) is 73.4. The van der Waals surface area contributed by atoms with E-state index in [0.29, 0.717) is 0 Å². The van der Waals surface area contributed by atoms with Gasteiger partial charge in [0.2, 0.25) is 0 Å². The summed E-state index contributed by atoms with van der Waals surface area (Å²) >= 11 is 0. The lowest BCUT2D eigenvalue weighted by molar-refractivity contribution is 0.591. The van der Waals surface area contributed by atoms with Crippen molar-refractivity contribution in [3.8, 4) is 45.0 Å². The molecule has 8 heteroatoms. The molecule has 0 aliphatic rings. The molecule has 0 N–H and O–H groups in total. The molecule has 0 aliphatic carbocycles. The molecule has 0 aliphatic heterocycles. The van der Waals surface area contributed by atoms with Crippen LogP contribution in [-0.4, -0.2) is 29.1 Å². The van der Waals surface area contributed by atoms with Crippen LogP contribution in [0.25, 0.3) is 154 Å². The standard InChI is InChI=1S/C52H34N4.C50H38N4/c1-4-14-35(15-5-1)37-26-30-49-46(32-37)47-33-41(29-31-50(47)56(49)39-18-8-3-9-19-39)55(38-16-6-2-7-17-38)40-27-24-36(25-28-40)48-34-53-51-44-22-12-10-20-42(44)43-21-11-13-23-45(43)52(51)54-48;1-50(2,3)34-24-28-46-43(30-34)44-31-38(27-29-47(44)54(46)36-16-8-5-9-17-36)53(35-14-6-4-7-15-35)37-25-22-33(23-26-37)45-32-51-48-41-20-12-10-18-39(41)40-19-11-13-21-42(40)49(48)52-45/h1-34H;4-32H,1-3H3. The zero-order valence-electron chi connectivity index (χ0n) is 61.0. The van der Waals surface area contributed by atoms with Gasteiger partial charge >= 0.3 is 0 Å². The summed E-state index contributed by atoms with van der Waals surface area (Å²) in [5.41, 5.74) is 24.7. The van der Waals surface area contributed by atoms with Gasteiger partial charge in [0.05, 0.1) is 67.9 Å². The molecule has 0 saturated carbocycles. The van der Waals surface area contributed by atoms with E-state index in [4.69, 9.17) is 19.9 Å². The number of rotatable bonds is 11. The molecule has 0 unspecified atom stereocenters. The fraction of sp³-hybridized carbons (Fsp3) is 0.0392. The number of benzene rings is 17. The first-order valence-electron chi connectivity index (χ1n) is 37.6. The van der Waals surface area contributed by atoms with Gasteiger partial charge in [0.1, 0.15) is 0 Å². The molecule has 0 saturated heterocycles. The molecule has 4 heterocycles. The van der Waals surface area contributed by atoms with Crippen LogP contribution in [-0.2, 0) is 5.41 Å². The fourth-order valence-electron chi connectivity index (χ4n) is 16.4. The van der Waals surface area contributed by atoms with Crippen molar-refractivity contribution in [2.75, 3.05) is 9.80 Å². The SMILES string of the molecule is CC(C)(C)c1ccc2c(c1)c1cc(N(c3ccccc3)c3ccc(-c4cnc5c6ccccc6c6ccccc6c5n4)cc3)ccc1n2-c1ccccc1.c1ccc(-c2ccc3c(c2)c2cc(N(c4ccccc4)c4ccc(-c5cnc6c7ccccc7c7ccccc7c6n5)cc4)ccc2n3-c2ccccc2)cc1. The summed E-state index contributed by atoms with van der Waals surface area (Å²) in [6.07, 6.45) is 3.82. The van der Waals surface area contributed by atoms with Gasteiger partial charge in [-0.05, 0) is 177 Å². The Morgan fingerprint density at radius 3 is 0.927 bits per heavy atom. The van der Waals surface area contributed by atoms with Gasteiger partial charge in [0, 0.05) is 99.7 Å². The minimum absolute atomic E-state index is 0.0289. The molecule has 520 valence electrons. The summed E-state index contributed by atoms with van der Waals surface area (Å²) in [6, 6.07) is 132. The Labute approximate surface area is 637 Å². The van der Waals surface area contributed by atoms with Crippen LogP contribution in [0.1, 0.15) is 26.3 Å². The van der Waals surface area contributed by atoms with Crippen LogP contribution in [0.3, 0.4) is 0 Å². The van der Waals surface area contributed by atoms with E-state index in [1.54, 1.807) is 0 Å². The Kier molecular flexibility index (Phi) is 16.0. The van der Waals surface area contributed by atoms with Crippen molar-refractivity contribution >= 4 is 143 Å². The second-order valence-electron chi connectivity index (χ2n) is 29.3. The highest BCUT2D eigenvalue weighted by Gasteiger charge is 2.24. The van der Waals surface area contributed by atoms with Gasteiger partial charge in [-0.3, -0.25) is 9.97 Å². The molecule has 0 amide bonds. The summed E-state index contributed by atoms with van der Waals surface area (Å²) in [7, 11) is 0. The van der Waals surface area contributed by atoms with Crippen molar-refractivity contribution in [1.82, 2.24) is 29.1 Å². The largest absolute Gasteiger partial charge is 0.310 e. The Bertz CT molecular complexity index is 7030. The maximum absolute atomic E-state index is 5.26. The minimum Gasteiger partial charge on any atom is -0.310 e. The topological polar surface area (TPSA) is 67.9 Å². The average Bonchev–Trinajstić information content (AvgIpc) is 1.47.